The fourth-order valence-corrected chi connectivity index (χ4v) is 3.09. The van der Waals surface area contributed by atoms with Gasteiger partial charge in [-0.15, -0.1) is 11.8 Å². The van der Waals surface area contributed by atoms with Crippen LogP contribution in [0.15, 0.2) is 47.4 Å². The zero-order valence-electron chi connectivity index (χ0n) is 12.2. The molecule has 0 fully saturated rings. The number of hydrogen-bond donors (Lipinski definition) is 1. The lowest BCUT2D eigenvalue weighted by Gasteiger charge is -2.09. The Morgan fingerprint density at radius 3 is 2.71 bits per heavy atom. The average Bonchev–Trinajstić information content (AvgIpc) is 2.45. The van der Waals surface area contributed by atoms with Crippen LogP contribution in [-0.2, 0) is 4.79 Å². The largest absolute Gasteiger partial charge is 0.326 e. The lowest BCUT2D eigenvalue weighted by molar-refractivity contribution is -0.115. The number of carbonyl (C=O) groups excluding carboxylic acids is 1. The first kappa shape index (κ1) is 15.9. The number of amides is 1. The number of benzene rings is 2. The lowest BCUT2D eigenvalue weighted by Crippen LogP contribution is -2.13. The maximum absolute atomic E-state index is 12.0. The Kier molecular flexibility index (Phi) is 5.71. The van der Waals surface area contributed by atoms with Gasteiger partial charge in [0.1, 0.15) is 0 Å². The van der Waals surface area contributed by atoms with Crippen LogP contribution in [-0.4, -0.2) is 11.7 Å². The third kappa shape index (κ3) is 4.80. The molecule has 2 nitrogen and oxygen atoms in total. The van der Waals surface area contributed by atoms with E-state index in [0.29, 0.717) is 12.2 Å². The minimum absolute atomic E-state index is 0.0308. The second kappa shape index (κ2) is 7.53. The molecule has 1 amide bonds. The number of nitrogens with one attached hydrogen (secondary N) is 1. The molecular formula is C17H18ClNOS. The second-order valence-corrected chi connectivity index (χ2v) is 6.44. The Bertz CT molecular complexity index is 642. The molecule has 0 bridgehead atoms. The standard InChI is InChI=1S/C17H18ClNOS/c1-12-7-8-13(2)15(11-12)19-17(20)9-10-21-16-6-4-3-5-14(16)18/h3-8,11H,9-10H2,1-2H3,(H,19,20). The molecule has 0 aliphatic heterocycles. The molecule has 2 rings (SSSR count). The van der Waals surface area contributed by atoms with Gasteiger partial charge in [0.25, 0.3) is 0 Å². The van der Waals surface area contributed by atoms with Gasteiger partial charge in [-0.1, -0.05) is 35.9 Å². The maximum atomic E-state index is 12.0. The van der Waals surface area contributed by atoms with E-state index < -0.39 is 0 Å². The third-order valence-corrected chi connectivity index (χ3v) is 4.61. The van der Waals surface area contributed by atoms with Crippen molar-refractivity contribution < 1.29 is 4.79 Å². The Labute approximate surface area is 134 Å². The van der Waals surface area contributed by atoms with Crippen molar-refractivity contribution >= 4 is 35.0 Å². The molecule has 4 heteroatoms. The summed E-state index contributed by atoms with van der Waals surface area (Å²) in [5, 5.41) is 3.70. The topological polar surface area (TPSA) is 29.1 Å². The highest BCUT2D eigenvalue weighted by molar-refractivity contribution is 7.99. The smallest absolute Gasteiger partial charge is 0.225 e. The molecule has 0 aliphatic rings. The number of hydrogen-bond acceptors (Lipinski definition) is 2. The van der Waals surface area contributed by atoms with Gasteiger partial charge in [0.2, 0.25) is 5.91 Å². The van der Waals surface area contributed by atoms with Crippen molar-refractivity contribution in [2.24, 2.45) is 0 Å². The number of anilines is 1. The van der Waals surface area contributed by atoms with Crippen LogP contribution in [0.25, 0.3) is 0 Å². The van der Waals surface area contributed by atoms with Crippen LogP contribution in [0.1, 0.15) is 17.5 Å². The van der Waals surface area contributed by atoms with Gasteiger partial charge in [-0.2, -0.15) is 0 Å². The zero-order valence-corrected chi connectivity index (χ0v) is 13.7. The second-order valence-electron chi connectivity index (χ2n) is 4.90. The number of aryl methyl sites for hydroxylation is 2. The first-order chi connectivity index (χ1) is 10.1. The summed E-state index contributed by atoms with van der Waals surface area (Å²) in [7, 11) is 0. The SMILES string of the molecule is Cc1ccc(C)c(NC(=O)CCSc2ccccc2Cl)c1. The van der Waals surface area contributed by atoms with Crippen LogP contribution in [0.2, 0.25) is 5.02 Å². The summed E-state index contributed by atoms with van der Waals surface area (Å²) in [6.45, 7) is 4.01. The molecule has 110 valence electrons. The van der Waals surface area contributed by atoms with Gasteiger partial charge < -0.3 is 5.32 Å². The molecule has 0 saturated heterocycles. The Morgan fingerprint density at radius 2 is 1.95 bits per heavy atom. The third-order valence-electron chi connectivity index (χ3n) is 3.09. The summed E-state index contributed by atoms with van der Waals surface area (Å²) in [5.74, 6) is 0.740. The number of thioether (sulfide) groups is 1. The molecule has 0 spiro atoms. The molecule has 0 radical (unpaired) electrons. The molecule has 0 unspecified atom stereocenters. The van der Waals surface area contributed by atoms with Gasteiger partial charge in [0.05, 0.1) is 5.02 Å². The van der Waals surface area contributed by atoms with Crippen molar-refractivity contribution in [3.05, 3.63) is 58.6 Å². The van der Waals surface area contributed by atoms with Crippen LogP contribution < -0.4 is 5.32 Å². The van der Waals surface area contributed by atoms with E-state index in [-0.39, 0.29) is 5.91 Å². The quantitative estimate of drug-likeness (QED) is 0.779. The molecule has 1 N–H and O–H groups in total. The highest BCUT2D eigenvalue weighted by Crippen LogP contribution is 2.27. The van der Waals surface area contributed by atoms with Gasteiger partial charge in [0, 0.05) is 22.8 Å². The first-order valence-corrected chi connectivity index (χ1v) is 8.17. The predicted molar refractivity (Wildman–Crippen MR) is 91.3 cm³/mol. The number of halogens is 1. The number of carbonyl (C=O) groups is 1. The van der Waals surface area contributed by atoms with Crippen LogP contribution in [0, 0.1) is 13.8 Å². The summed E-state index contributed by atoms with van der Waals surface area (Å²) < 4.78 is 0. The summed E-state index contributed by atoms with van der Waals surface area (Å²) >= 11 is 7.69. The van der Waals surface area contributed by atoms with Crippen LogP contribution in [0.4, 0.5) is 5.69 Å². The molecule has 0 saturated carbocycles. The minimum atomic E-state index is 0.0308. The molecular weight excluding hydrogens is 302 g/mol. The van der Waals surface area contributed by atoms with Crippen molar-refractivity contribution in [2.45, 2.75) is 25.2 Å². The minimum Gasteiger partial charge on any atom is -0.326 e. The first-order valence-electron chi connectivity index (χ1n) is 6.80. The zero-order chi connectivity index (χ0) is 15.2. The van der Waals surface area contributed by atoms with E-state index in [0.717, 1.165) is 26.7 Å². The van der Waals surface area contributed by atoms with Crippen LogP contribution >= 0.6 is 23.4 Å². The van der Waals surface area contributed by atoms with Gasteiger partial charge >= 0.3 is 0 Å². The molecule has 0 atom stereocenters. The lowest BCUT2D eigenvalue weighted by atomic mass is 10.1. The fourth-order valence-electron chi connectivity index (χ4n) is 1.90. The fraction of sp³-hybridized carbons (Fsp3) is 0.235. The van der Waals surface area contributed by atoms with Gasteiger partial charge in [-0.3, -0.25) is 4.79 Å². The molecule has 0 aliphatic carbocycles. The Hall–Kier alpha value is -1.45. The molecule has 2 aromatic carbocycles. The summed E-state index contributed by atoms with van der Waals surface area (Å²) in [4.78, 5) is 13.0. The molecule has 2 aromatic rings. The van der Waals surface area contributed by atoms with Gasteiger partial charge in [-0.25, -0.2) is 0 Å². The van der Waals surface area contributed by atoms with Gasteiger partial charge in [-0.05, 0) is 43.2 Å². The van der Waals surface area contributed by atoms with Crippen molar-refractivity contribution in [3.63, 3.8) is 0 Å². The van der Waals surface area contributed by atoms with Crippen molar-refractivity contribution in [1.29, 1.82) is 0 Å². The molecule has 0 aromatic heterocycles. The van der Waals surface area contributed by atoms with E-state index in [1.165, 1.54) is 0 Å². The van der Waals surface area contributed by atoms with Crippen LogP contribution in [0.3, 0.4) is 0 Å². The summed E-state index contributed by atoms with van der Waals surface area (Å²) in [5.41, 5.74) is 3.11. The normalized spacial score (nSPS) is 10.4. The maximum Gasteiger partial charge on any atom is 0.225 e. The van der Waals surface area contributed by atoms with Crippen molar-refractivity contribution in [2.75, 3.05) is 11.1 Å². The predicted octanol–water partition coefficient (Wildman–Crippen LogP) is 5.08. The van der Waals surface area contributed by atoms with Crippen LogP contribution in [0.5, 0.6) is 0 Å². The van der Waals surface area contributed by atoms with E-state index in [1.807, 2.05) is 56.3 Å². The number of rotatable bonds is 5. The highest BCUT2D eigenvalue weighted by Gasteiger charge is 2.06. The molecule has 0 heterocycles. The van der Waals surface area contributed by atoms with E-state index >= 15 is 0 Å². The Balaban J connectivity index is 1.85. The van der Waals surface area contributed by atoms with Gasteiger partial charge in [0.15, 0.2) is 0 Å². The Morgan fingerprint density at radius 1 is 1.19 bits per heavy atom. The monoisotopic (exact) mass is 319 g/mol. The van der Waals surface area contributed by atoms with E-state index in [1.54, 1.807) is 11.8 Å². The highest BCUT2D eigenvalue weighted by atomic mass is 35.5. The van der Waals surface area contributed by atoms with E-state index in [4.69, 9.17) is 11.6 Å². The average molecular weight is 320 g/mol. The van der Waals surface area contributed by atoms with E-state index in [2.05, 4.69) is 5.32 Å². The van der Waals surface area contributed by atoms with Crippen molar-refractivity contribution in [3.8, 4) is 0 Å². The molecule has 21 heavy (non-hydrogen) atoms. The van der Waals surface area contributed by atoms with E-state index in [9.17, 15) is 4.79 Å². The summed E-state index contributed by atoms with van der Waals surface area (Å²) in [6, 6.07) is 13.7. The summed E-state index contributed by atoms with van der Waals surface area (Å²) in [6.07, 6.45) is 0.462. The van der Waals surface area contributed by atoms with Crippen molar-refractivity contribution in [1.82, 2.24) is 0 Å².